The van der Waals surface area contributed by atoms with E-state index in [4.69, 9.17) is 19.7 Å². The topological polar surface area (TPSA) is 135 Å². The molecule has 3 N–H and O–H groups in total. The highest BCUT2D eigenvalue weighted by Crippen LogP contribution is 2.42. The Labute approximate surface area is 257 Å². The van der Waals surface area contributed by atoms with E-state index in [1.165, 1.54) is 68.8 Å². The summed E-state index contributed by atoms with van der Waals surface area (Å²) in [4.78, 5) is 22.4. The van der Waals surface area contributed by atoms with Crippen LogP contribution in [0.3, 0.4) is 0 Å². The first-order valence-corrected chi connectivity index (χ1v) is 17.5. The van der Waals surface area contributed by atoms with E-state index in [1.54, 1.807) is 17.8 Å². The summed E-state index contributed by atoms with van der Waals surface area (Å²) in [6.45, 7) is 10.3. The average molecular weight is 618 g/mol. The minimum absolute atomic E-state index is 0.149. The predicted molar refractivity (Wildman–Crippen MR) is 172 cm³/mol. The molecule has 0 radical (unpaired) electrons. The summed E-state index contributed by atoms with van der Waals surface area (Å²) in [5.41, 5.74) is 9.99. The lowest BCUT2D eigenvalue weighted by Gasteiger charge is -2.19. The van der Waals surface area contributed by atoms with Crippen LogP contribution in [0.4, 0.5) is 5.82 Å². The largest absolute Gasteiger partial charge is 0.382 e. The smallest absolute Gasteiger partial charge is 0.353 e. The summed E-state index contributed by atoms with van der Waals surface area (Å²) < 4.78 is 30.5. The second-order valence-corrected chi connectivity index (χ2v) is 14.2. The van der Waals surface area contributed by atoms with Gasteiger partial charge >= 0.3 is 7.60 Å². The maximum absolute atomic E-state index is 12.3. The fourth-order valence-corrected chi connectivity index (χ4v) is 5.79. The van der Waals surface area contributed by atoms with Crippen molar-refractivity contribution >= 4 is 24.6 Å². The first kappa shape index (κ1) is 35.1. The van der Waals surface area contributed by atoms with Crippen LogP contribution >= 0.6 is 7.60 Å². The van der Waals surface area contributed by atoms with Gasteiger partial charge in [0, 0.05) is 13.2 Å². The van der Waals surface area contributed by atoms with Crippen molar-refractivity contribution in [2.75, 3.05) is 31.9 Å². The number of nitrogens with two attached hydrogens (primary N) is 1. The molecule has 1 unspecified atom stereocenters. The Bertz CT molecular complexity index is 1260. The van der Waals surface area contributed by atoms with Gasteiger partial charge in [0.15, 0.2) is 11.5 Å². The van der Waals surface area contributed by atoms with Crippen molar-refractivity contribution in [1.82, 2.24) is 19.5 Å². The number of aryl methyl sites for hydroxylation is 1. The van der Waals surface area contributed by atoms with Gasteiger partial charge in [-0.25, -0.2) is 15.0 Å². The van der Waals surface area contributed by atoms with Crippen LogP contribution in [-0.2, 0) is 36.9 Å². The highest BCUT2D eigenvalue weighted by molar-refractivity contribution is 7.52. The van der Waals surface area contributed by atoms with Crippen molar-refractivity contribution < 1.29 is 23.5 Å². The normalized spacial score (nSPS) is 14.3. The van der Waals surface area contributed by atoms with Gasteiger partial charge in [0.25, 0.3) is 0 Å². The average Bonchev–Trinajstić information content (AvgIpc) is 3.37. The summed E-state index contributed by atoms with van der Waals surface area (Å²) in [6.07, 6.45) is 13.9. The zero-order chi connectivity index (χ0) is 31.1. The lowest BCUT2D eigenvalue weighted by molar-refractivity contribution is 0.0688. The Balaban J connectivity index is 1.11. The predicted octanol–water partition coefficient (Wildman–Crippen LogP) is 7.04. The zero-order valence-corrected chi connectivity index (χ0v) is 27.4. The van der Waals surface area contributed by atoms with Gasteiger partial charge in [-0.15, -0.1) is 0 Å². The minimum Gasteiger partial charge on any atom is -0.382 e. The van der Waals surface area contributed by atoms with Crippen LogP contribution in [0.5, 0.6) is 0 Å². The van der Waals surface area contributed by atoms with Gasteiger partial charge in [-0.2, -0.15) is 0 Å². The lowest BCUT2D eigenvalue weighted by Crippen LogP contribution is -2.17. The van der Waals surface area contributed by atoms with Crippen molar-refractivity contribution in [3.8, 4) is 0 Å². The minimum atomic E-state index is -3.85. The van der Waals surface area contributed by atoms with Crippen LogP contribution in [0.15, 0.2) is 36.9 Å². The fourth-order valence-electron chi connectivity index (χ4n) is 4.86. The molecule has 0 bridgehead atoms. The highest BCUT2D eigenvalue weighted by Gasteiger charge is 2.21. The van der Waals surface area contributed by atoms with Crippen LogP contribution in [-0.4, -0.2) is 56.7 Å². The Morgan fingerprint density at radius 1 is 0.907 bits per heavy atom. The molecule has 43 heavy (non-hydrogen) atoms. The number of imidazole rings is 1. The van der Waals surface area contributed by atoms with Gasteiger partial charge in [-0.05, 0) is 49.1 Å². The molecular formula is C32H52N5O5P. The van der Waals surface area contributed by atoms with Gasteiger partial charge in [-0.3, -0.25) is 4.57 Å². The van der Waals surface area contributed by atoms with Crippen LogP contribution in [0, 0.1) is 0 Å². The summed E-state index contributed by atoms with van der Waals surface area (Å²) in [7, 11) is -3.85. The van der Waals surface area contributed by atoms with Crippen molar-refractivity contribution in [2.24, 2.45) is 0 Å². The number of unbranched alkanes of at least 4 members (excludes halogenated alkanes) is 7. The number of anilines is 1. The molecule has 0 saturated heterocycles. The molecule has 3 aromatic rings. The Morgan fingerprint density at radius 3 is 2.26 bits per heavy atom. The molecule has 11 heteroatoms. The molecule has 0 amide bonds. The third kappa shape index (κ3) is 13.0. The molecule has 1 aromatic carbocycles. The standard InChI is InChI=1S/C32H52N5O5P/c1-26(22-37-24-36-29-30(33)34-23-35-31(29)37)41-25-43(38,39)42-21-13-20-40-19-12-10-8-6-5-7-9-11-14-27-15-17-28(18-16-27)32(2,3)4/h15-18,23-24,26H,5-14,19-22,25H2,1-4H3,(H,38,39)(H2,33,34,35)/t26-/m1/s1. The van der Waals surface area contributed by atoms with E-state index in [1.807, 2.05) is 0 Å². The van der Waals surface area contributed by atoms with Crippen LogP contribution in [0.1, 0.15) is 96.6 Å². The van der Waals surface area contributed by atoms with Crippen LogP contribution in [0.25, 0.3) is 11.2 Å². The SMILES string of the molecule is C[C@H](Cn1cnc2c(N)ncnc21)OCP(=O)(O)OCCCOCCCCCCCCCCc1ccc(C(C)(C)C)cc1. The van der Waals surface area contributed by atoms with Gasteiger partial charge in [0.05, 0.1) is 25.6 Å². The third-order valence-corrected chi connectivity index (χ3v) is 8.52. The number of nitrogens with zero attached hydrogens (tertiary/aromatic N) is 4. The molecule has 0 fully saturated rings. The molecule has 0 saturated carbocycles. The molecule has 0 spiro atoms. The van der Waals surface area contributed by atoms with Gasteiger partial charge in [0.1, 0.15) is 18.2 Å². The molecule has 2 atom stereocenters. The first-order chi connectivity index (χ1) is 20.5. The van der Waals surface area contributed by atoms with E-state index in [-0.39, 0.29) is 24.5 Å². The number of hydrogen-bond acceptors (Lipinski definition) is 8. The zero-order valence-electron chi connectivity index (χ0n) is 26.5. The number of benzene rings is 1. The van der Waals surface area contributed by atoms with Gasteiger partial charge in [0.2, 0.25) is 0 Å². The number of hydrogen-bond donors (Lipinski definition) is 2. The third-order valence-electron chi connectivity index (χ3n) is 7.46. The maximum Gasteiger partial charge on any atom is 0.353 e. The van der Waals surface area contributed by atoms with Crippen molar-refractivity contribution in [1.29, 1.82) is 0 Å². The maximum atomic E-state index is 12.3. The van der Waals surface area contributed by atoms with E-state index < -0.39 is 7.60 Å². The lowest BCUT2D eigenvalue weighted by atomic mass is 9.86. The number of fused-ring (bicyclic) bond motifs is 1. The molecular weight excluding hydrogens is 565 g/mol. The summed E-state index contributed by atoms with van der Waals surface area (Å²) in [5, 5.41) is 0. The van der Waals surface area contributed by atoms with E-state index in [9.17, 15) is 9.46 Å². The second-order valence-electron chi connectivity index (χ2n) is 12.4. The number of rotatable bonds is 21. The molecule has 0 aliphatic carbocycles. The summed E-state index contributed by atoms with van der Waals surface area (Å²) in [5.74, 6) is 0.306. The second kappa shape index (κ2) is 17.8. The van der Waals surface area contributed by atoms with E-state index in [0.29, 0.717) is 43.2 Å². The Morgan fingerprint density at radius 2 is 1.56 bits per heavy atom. The van der Waals surface area contributed by atoms with E-state index in [0.717, 1.165) is 6.42 Å². The molecule has 10 nitrogen and oxygen atoms in total. The Kier molecular flexibility index (Phi) is 14.6. The van der Waals surface area contributed by atoms with E-state index in [2.05, 4.69) is 60.0 Å². The fraction of sp³-hybridized carbons (Fsp3) is 0.656. The molecule has 0 aliphatic heterocycles. The molecule has 0 aliphatic rings. The quantitative estimate of drug-likeness (QED) is 0.0953. The van der Waals surface area contributed by atoms with Crippen LogP contribution < -0.4 is 5.73 Å². The van der Waals surface area contributed by atoms with Gasteiger partial charge < -0.3 is 29.2 Å². The number of ether oxygens (including phenoxy) is 2. The molecule has 240 valence electrons. The van der Waals surface area contributed by atoms with Crippen molar-refractivity contribution in [3.05, 3.63) is 48.0 Å². The summed E-state index contributed by atoms with van der Waals surface area (Å²) in [6, 6.07) is 9.14. The van der Waals surface area contributed by atoms with Crippen molar-refractivity contribution in [2.45, 2.75) is 110 Å². The number of aromatic nitrogens is 4. The molecule has 2 aromatic heterocycles. The molecule has 3 rings (SSSR count). The summed E-state index contributed by atoms with van der Waals surface area (Å²) >= 11 is 0. The monoisotopic (exact) mass is 617 g/mol. The van der Waals surface area contributed by atoms with Gasteiger partial charge in [-0.1, -0.05) is 83.6 Å². The van der Waals surface area contributed by atoms with E-state index >= 15 is 0 Å². The first-order valence-electron chi connectivity index (χ1n) is 15.7. The molecule has 2 heterocycles. The Hall–Kier alpha value is -2.36. The van der Waals surface area contributed by atoms with Crippen molar-refractivity contribution in [3.63, 3.8) is 0 Å². The number of nitrogen functional groups attached to an aromatic ring is 1. The highest BCUT2D eigenvalue weighted by atomic mass is 31.2. The van der Waals surface area contributed by atoms with Crippen LogP contribution in [0.2, 0.25) is 0 Å².